The number of fused-ring (bicyclic) bond motifs is 4. The first-order chi connectivity index (χ1) is 10.2. The molecule has 0 saturated carbocycles. The predicted molar refractivity (Wildman–Crippen MR) is 81.4 cm³/mol. The first kappa shape index (κ1) is 13.3. The number of anilines is 1. The fourth-order valence-corrected chi connectivity index (χ4v) is 4.35. The van der Waals surface area contributed by atoms with Crippen molar-refractivity contribution in [2.75, 3.05) is 32.0 Å². The summed E-state index contributed by atoms with van der Waals surface area (Å²) in [6.07, 6.45) is 3.51. The van der Waals surface area contributed by atoms with Crippen LogP contribution in [0.5, 0.6) is 0 Å². The average molecular weight is 289 g/mol. The summed E-state index contributed by atoms with van der Waals surface area (Å²) in [5.41, 5.74) is 7.34. The van der Waals surface area contributed by atoms with Crippen LogP contribution in [0.1, 0.15) is 30.9 Å². The molecule has 2 fully saturated rings. The van der Waals surface area contributed by atoms with Gasteiger partial charge >= 0.3 is 0 Å². The van der Waals surface area contributed by atoms with Gasteiger partial charge in [-0.05, 0) is 37.3 Å². The summed E-state index contributed by atoms with van der Waals surface area (Å²) in [7, 11) is 0. The predicted octanol–water partition coefficient (Wildman–Crippen LogP) is 1.03. The Labute approximate surface area is 124 Å². The normalized spacial score (nSPS) is 30.1. The van der Waals surface area contributed by atoms with Gasteiger partial charge < -0.3 is 15.0 Å². The van der Waals surface area contributed by atoms with Gasteiger partial charge in [-0.3, -0.25) is 9.69 Å². The quantitative estimate of drug-likeness (QED) is 0.839. The van der Waals surface area contributed by atoms with E-state index in [9.17, 15) is 4.79 Å². The van der Waals surface area contributed by atoms with Crippen molar-refractivity contribution < 1.29 is 4.74 Å². The second kappa shape index (κ2) is 5.14. The van der Waals surface area contributed by atoms with E-state index >= 15 is 0 Å². The third kappa shape index (κ3) is 2.28. The molecule has 5 nitrogen and oxygen atoms in total. The Bertz CT molecular complexity index is 592. The molecule has 2 bridgehead atoms. The molecule has 4 heterocycles. The van der Waals surface area contributed by atoms with Crippen molar-refractivity contribution in [2.45, 2.75) is 37.8 Å². The van der Waals surface area contributed by atoms with Gasteiger partial charge in [0.1, 0.15) is 0 Å². The van der Waals surface area contributed by atoms with Crippen molar-refractivity contribution >= 4 is 5.69 Å². The highest BCUT2D eigenvalue weighted by molar-refractivity contribution is 5.37. The zero-order chi connectivity index (χ0) is 14.4. The van der Waals surface area contributed by atoms with Crippen LogP contribution in [0, 0.1) is 5.92 Å². The van der Waals surface area contributed by atoms with E-state index in [0.717, 1.165) is 45.7 Å². The minimum atomic E-state index is 0.00159. The zero-order valence-electron chi connectivity index (χ0n) is 12.3. The summed E-state index contributed by atoms with van der Waals surface area (Å²) in [5, 5.41) is 0. The van der Waals surface area contributed by atoms with E-state index in [1.807, 2.05) is 4.57 Å². The molecule has 3 aliphatic heterocycles. The monoisotopic (exact) mass is 289 g/mol. The molecule has 2 atom stereocenters. The number of piperidine rings is 1. The number of aromatic nitrogens is 1. The zero-order valence-corrected chi connectivity index (χ0v) is 12.3. The summed E-state index contributed by atoms with van der Waals surface area (Å²) in [6, 6.07) is 4.50. The van der Waals surface area contributed by atoms with Crippen LogP contribution in [0.2, 0.25) is 0 Å². The molecule has 0 spiro atoms. The number of nitrogen functional groups attached to an aromatic ring is 1. The van der Waals surface area contributed by atoms with E-state index in [4.69, 9.17) is 10.5 Å². The molecular weight excluding hydrogens is 266 g/mol. The second-order valence-corrected chi connectivity index (χ2v) is 6.73. The fourth-order valence-electron chi connectivity index (χ4n) is 4.35. The van der Waals surface area contributed by atoms with Crippen molar-refractivity contribution in [3.05, 3.63) is 28.2 Å². The van der Waals surface area contributed by atoms with Crippen molar-refractivity contribution in [2.24, 2.45) is 5.92 Å². The highest BCUT2D eigenvalue weighted by atomic mass is 16.5. The van der Waals surface area contributed by atoms with Crippen LogP contribution in [-0.4, -0.2) is 41.8 Å². The third-order valence-electron chi connectivity index (χ3n) is 5.37. The molecule has 2 saturated heterocycles. The van der Waals surface area contributed by atoms with Gasteiger partial charge in [0.2, 0.25) is 0 Å². The first-order valence-corrected chi connectivity index (χ1v) is 8.03. The standard InChI is InChI=1S/C16H23N3O2/c17-14-1-2-15-12-7-11(9-19(15)16(14)20)8-18(10-12)13-3-5-21-6-4-13/h1-2,11-13H,3-10,17H2/t11-,12-/m1/s1. The Morgan fingerprint density at radius 2 is 1.95 bits per heavy atom. The number of ether oxygens (including phenoxy) is 1. The molecule has 114 valence electrons. The van der Waals surface area contributed by atoms with Crippen LogP contribution >= 0.6 is 0 Å². The number of rotatable bonds is 1. The van der Waals surface area contributed by atoms with Gasteiger partial charge in [-0.1, -0.05) is 0 Å². The van der Waals surface area contributed by atoms with E-state index < -0.39 is 0 Å². The molecule has 1 aromatic rings. The van der Waals surface area contributed by atoms with Gasteiger partial charge in [-0.25, -0.2) is 0 Å². The lowest BCUT2D eigenvalue weighted by Crippen LogP contribution is -2.51. The van der Waals surface area contributed by atoms with Crippen LogP contribution in [0.25, 0.3) is 0 Å². The Kier molecular flexibility index (Phi) is 3.27. The number of hydrogen-bond acceptors (Lipinski definition) is 4. The molecule has 0 radical (unpaired) electrons. The molecule has 0 aliphatic carbocycles. The molecule has 1 aromatic heterocycles. The summed E-state index contributed by atoms with van der Waals surface area (Å²) < 4.78 is 7.41. The van der Waals surface area contributed by atoms with E-state index in [-0.39, 0.29) is 5.56 Å². The molecule has 4 rings (SSSR count). The Morgan fingerprint density at radius 1 is 1.14 bits per heavy atom. The Morgan fingerprint density at radius 3 is 2.76 bits per heavy atom. The Hall–Kier alpha value is -1.33. The fraction of sp³-hybridized carbons (Fsp3) is 0.688. The Balaban J connectivity index is 1.61. The highest BCUT2D eigenvalue weighted by Gasteiger charge is 2.37. The van der Waals surface area contributed by atoms with Gasteiger partial charge in [0, 0.05) is 50.5 Å². The summed E-state index contributed by atoms with van der Waals surface area (Å²) in [6.45, 7) is 4.80. The van der Waals surface area contributed by atoms with Crippen molar-refractivity contribution in [3.8, 4) is 0 Å². The maximum atomic E-state index is 12.2. The van der Waals surface area contributed by atoms with Crippen molar-refractivity contribution in [1.29, 1.82) is 0 Å². The number of nitrogens with two attached hydrogens (primary N) is 1. The maximum Gasteiger partial charge on any atom is 0.273 e. The topological polar surface area (TPSA) is 60.5 Å². The molecule has 3 aliphatic rings. The summed E-state index contributed by atoms with van der Waals surface area (Å²) in [5.74, 6) is 1.06. The number of pyridine rings is 1. The minimum Gasteiger partial charge on any atom is -0.394 e. The van der Waals surface area contributed by atoms with Crippen LogP contribution in [0.15, 0.2) is 16.9 Å². The van der Waals surface area contributed by atoms with E-state index in [2.05, 4.69) is 11.0 Å². The number of hydrogen-bond donors (Lipinski definition) is 1. The molecule has 0 unspecified atom stereocenters. The van der Waals surface area contributed by atoms with E-state index in [0.29, 0.717) is 23.6 Å². The SMILES string of the molecule is Nc1ccc2n(c1=O)C[C@@H]1C[C@@H]2CN(C2CCOCC2)C1. The molecule has 2 N–H and O–H groups in total. The van der Waals surface area contributed by atoms with Crippen LogP contribution < -0.4 is 11.3 Å². The molecule has 5 heteroatoms. The van der Waals surface area contributed by atoms with Gasteiger partial charge in [-0.2, -0.15) is 0 Å². The van der Waals surface area contributed by atoms with Crippen LogP contribution in [0.3, 0.4) is 0 Å². The highest BCUT2D eigenvalue weighted by Crippen LogP contribution is 2.37. The summed E-state index contributed by atoms with van der Waals surface area (Å²) in [4.78, 5) is 14.9. The van der Waals surface area contributed by atoms with Crippen LogP contribution in [-0.2, 0) is 11.3 Å². The molecule has 0 aromatic carbocycles. The van der Waals surface area contributed by atoms with Crippen molar-refractivity contribution in [1.82, 2.24) is 9.47 Å². The lowest BCUT2D eigenvalue weighted by molar-refractivity contribution is 0.00589. The van der Waals surface area contributed by atoms with E-state index in [1.54, 1.807) is 6.07 Å². The van der Waals surface area contributed by atoms with Gasteiger partial charge in [0.05, 0.1) is 5.69 Å². The molecule has 0 amide bonds. The van der Waals surface area contributed by atoms with Gasteiger partial charge in [0.15, 0.2) is 0 Å². The lowest BCUT2D eigenvalue weighted by Gasteiger charge is -2.46. The lowest BCUT2D eigenvalue weighted by atomic mass is 9.82. The van der Waals surface area contributed by atoms with Gasteiger partial charge in [-0.15, -0.1) is 0 Å². The van der Waals surface area contributed by atoms with Crippen molar-refractivity contribution in [3.63, 3.8) is 0 Å². The number of nitrogens with zero attached hydrogens (tertiary/aromatic N) is 2. The number of likely N-dealkylation sites (tertiary alicyclic amines) is 1. The van der Waals surface area contributed by atoms with E-state index in [1.165, 1.54) is 12.1 Å². The third-order valence-corrected chi connectivity index (χ3v) is 5.37. The van der Waals surface area contributed by atoms with Crippen LogP contribution in [0.4, 0.5) is 5.69 Å². The smallest absolute Gasteiger partial charge is 0.273 e. The van der Waals surface area contributed by atoms with Gasteiger partial charge in [0.25, 0.3) is 5.56 Å². The minimum absolute atomic E-state index is 0.00159. The molecule has 21 heavy (non-hydrogen) atoms. The summed E-state index contributed by atoms with van der Waals surface area (Å²) >= 11 is 0. The maximum absolute atomic E-state index is 12.2. The molecular formula is C16H23N3O2. The average Bonchev–Trinajstić information content (AvgIpc) is 2.52. The first-order valence-electron chi connectivity index (χ1n) is 8.03. The second-order valence-electron chi connectivity index (χ2n) is 6.73. The largest absolute Gasteiger partial charge is 0.394 e.